The fourth-order valence-corrected chi connectivity index (χ4v) is 7.59. The number of carbonyl (C=O) groups excluding carboxylic acids is 3. The molecular formula is C57H94N12O9. The number of hydrogen-bond acceptors (Lipinski definition) is 15. The number of nitrogens with one attached hydrogen (secondary N) is 3. The van der Waals surface area contributed by atoms with Crippen LogP contribution in [0.3, 0.4) is 0 Å². The lowest BCUT2D eigenvalue weighted by Crippen LogP contribution is -2.54. The van der Waals surface area contributed by atoms with Crippen LogP contribution in [0.25, 0.3) is 0 Å². The molecule has 0 fully saturated rings. The van der Waals surface area contributed by atoms with Crippen molar-refractivity contribution < 1.29 is 28.6 Å². The van der Waals surface area contributed by atoms with E-state index >= 15 is 0 Å². The first-order chi connectivity index (χ1) is 38.3. The minimum Gasteiger partial charge on any atom is -0.450 e. The van der Waals surface area contributed by atoms with Gasteiger partial charge in [-0.25, -0.2) is 72.4 Å². The van der Waals surface area contributed by atoms with Crippen molar-refractivity contribution >= 4 is 36.3 Å². The number of aliphatic imine (C=N–C) groups is 6. The Hall–Kier alpha value is -6.52. The van der Waals surface area contributed by atoms with Gasteiger partial charge in [0.25, 0.3) is 0 Å². The Morgan fingerprint density at radius 3 is 0.987 bits per heavy atom. The first-order valence-corrected chi connectivity index (χ1v) is 29.2. The molecule has 0 aromatic carbocycles. The topological polar surface area (TPSA) is 255 Å². The number of amides is 3. The van der Waals surface area contributed by atoms with Crippen molar-refractivity contribution in [3.05, 3.63) is 31.5 Å². The summed E-state index contributed by atoms with van der Waals surface area (Å²) in [6.07, 6.45) is 30.1. The summed E-state index contributed by atoms with van der Waals surface area (Å²) >= 11 is 0. The van der Waals surface area contributed by atoms with Gasteiger partial charge in [0.15, 0.2) is 0 Å². The maximum atomic E-state index is 13.7. The fourth-order valence-electron chi connectivity index (χ4n) is 7.59. The molecule has 21 nitrogen and oxygen atoms in total. The van der Waals surface area contributed by atoms with Gasteiger partial charge in [-0.1, -0.05) is 104 Å². The van der Waals surface area contributed by atoms with E-state index in [-0.39, 0.29) is 31.8 Å². The third-order valence-electron chi connectivity index (χ3n) is 12.1. The number of rotatable bonds is 48. The van der Waals surface area contributed by atoms with Gasteiger partial charge in [0.2, 0.25) is 0 Å². The maximum Gasteiger partial charge on any atom is 0.421 e. The molecule has 1 rings (SSSR count). The zero-order chi connectivity index (χ0) is 56.6. The Kier molecular flexibility index (Phi) is 46.8. The van der Waals surface area contributed by atoms with Gasteiger partial charge in [-0.05, 0) is 95.8 Å². The number of ether oxygens (including phenoxy) is 3. The van der Waals surface area contributed by atoms with Crippen molar-refractivity contribution in [1.29, 1.82) is 0 Å². The monoisotopic (exact) mass is 1090 g/mol. The third-order valence-corrected chi connectivity index (χ3v) is 12.1. The van der Waals surface area contributed by atoms with E-state index in [2.05, 4.69) is 100 Å². The Morgan fingerprint density at radius 2 is 0.692 bits per heavy atom. The number of unbranched alkanes of at least 4 members (excludes halogenated alkanes) is 20. The lowest BCUT2D eigenvalue weighted by atomic mass is 10.2. The number of nitrogens with zero attached hydrogens (tertiary/aromatic N) is 9. The summed E-state index contributed by atoms with van der Waals surface area (Å²) in [5.74, 6) is 4.27. The average Bonchev–Trinajstić information content (AvgIpc) is 3.44. The molecule has 78 heavy (non-hydrogen) atoms. The molecular weight excluding hydrogens is 997 g/mol. The normalized spacial score (nSPS) is 10.3. The van der Waals surface area contributed by atoms with Crippen LogP contribution >= 0.6 is 0 Å². The van der Waals surface area contributed by atoms with Crippen molar-refractivity contribution in [1.82, 2.24) is 29.7 Å². The summed E-state index contributed by atoms with van der Waals surface area (Å²) in [5.41, 5.74) is -1.67. The molecule has 1 heterocycles. The second-order valence-corrected chi connectivity index (χ2v) is 18.9. The first-order valence-electron chi connectivity index (χ1n) is 29.2. The highest BCUT2D eigenvalue weighted by Gasteiger charge is 2.15. The van der Waals surface area contributed by atoms with E-state index in [1.54, 1.807) is 0 Å². The Balaban J connectivity index is 2.58. The SMILES string of the molecule is C#CC#COC(=O)NCCCCCCN=C=NCCCCCCn1c(=O)n(CCCCCCN=C=NCCCCCCNC(=O)OCCCC)c(=O)n(CCCCCCN=C=NCCCCCCNC(=O)OCCCC)c1=O. The van der Waals surface area contributed by atoms with Gasteiger partial charge < -0.3 is 30.2 Å². The summed E-state index contributed by atoms with van der Waals surface area (Å²) < 4.78 is 18.5. The molecule has 3 amide bonds. The van der Waals surface area contributed by atoms with Crippen LogP contribution in [0.1, 0.15) is 194 Å². The first kappa shape index (κ1) is 69.5. The number of carbonyl (C=O) groups is 3. The molecule has 1 aromatic rings. The van der Waals surface area contributed by atoms with Crippen molar-refractivity contribution in [2.45, 2.75) is 213 Å². The molecule has 0 aliphatic carbocycles. The highest BCUT2D eigenvalue weighted by atomic mass is 16.6. The summed E-state index contributed by atoms with van der Waals surface area (Å²) in [5, 5.41) is 8.16. The predicted molar refractivity (Wildman–Crippen MR) is 308 cm³/mol. The van der Waals surface area contributed by atoms with Crippen LogP contribution in [-0.4, -0.2) is 122 Å². The van der Waals surface area contributed by atoms with Crippen LogP contribution in [0.15, 0.2) is 44.3 Å². The highest BCUT2D eigenvalue weighted by Crippen LogP contribution is 2.06. The molecule has 0 saturated heterocycles. The van der Waals surface area contributed by atoms with E-state index in [0.29, 0.717) is 91.4 Å². The largest absolute Gasteiger partial charge is 0.450 e. The Bertz CT molecular complexity index is 2150. The maximum absolute atomic E-state index is 13.7. The molecule has 0 saturated carbocycles. The van der Waals surface area contributed by atoms with Gasteiger partial charge in [0.05, 0.1) is 31.2 Å². The van der Waals surface area contributed by atoms with Crippen molar-refractivity contribution in [3.8, 4) is 24.4 Å². The molecule has 0 atom stereocenters. The van der Waals surface area contributed by atoms with Gasteiger partial charge in [-0.2, -0.15) is 0 Å². The lowest BCUT2D eigenvalue weighted by Gasteiger charge is -2.14. The van der Waals surface area contributed by atoms with E-state index in [0.717, 1.165) is 161 Å². The molecule has 0 unspecified atom stereocenters. The van der Waals surface area contributed by atoms with E-state index in [1.807, 2.05) is 0 Å². The molecule has 0 bridgehead atoms. The quantitative estimate of drug-likeness (QED) is 0.0243. The summed E-state index contributed by atoms with van der Waals surface area (Å²) in [4.78, 5) is 101. The van der Waals surface area contributed by atoms with Gasteiger partial charge in [0.1, 0.15) is 6.11 Å². The summed E-state index contributed by atoms with van der Waals surface area (Å²) in [6.45, 7) is 11.1. The van der Waals surface area contributed by atoms with E-state index in [1.165, 1.54) is 13.7 Å². The van der Waals surface area contributed by atoms with E-state index in [4.69, 9.17) is 15.9 Å². The molecule has 0 radical (unpaired) electrons. The van der Waals surface area contributed by atoms with Crippen molar-refractivity contribution in [2.75, 3.05) is 72.1 Å². The van der Waals surface area contributed by atoms with Crippen LogP contribution in [0, 0.1) is 24.4 Å². The number of hydrogen-bond donors (Lipinski definition) is 3. The van der Waals surface area contributed by atoms with Crippen LogP contribution in [-0.2, 0) is 33.8 Å². The molecule has 0 spiro atoms. The number of aromatic nitrogens is 3. The van der Waals surface area contributed by atoms with Gasteiger partial charge in [0, 0.05) is 84.5 Å². The Morgan fingerprint density at radius 1 is 0.410 bits per heavy atom. The number of alkyl carbamates (subject to hydrolysis) is 3. The molecule has 1 aromatic heterocycles. The zero-order valence-electron chi connectivity index (χ0n) is 47.5. The van der Waals surface area contributed by atoms with Crippen molar-refractivity contribution in [2.24, 2.45) is 30.0 Å². The number of terminal acetylenes is 1. The van der Waals surface area contributed by atoms with Crippen LogP contribution in [0.2, 0.25) is 0 Å². The average molecular weight is 1090 g/mol. The minimum atomic E-state index is -0.615. The molecule has 436 valence electrons. The van der Waals surface area contributed by atoms with E-state index in [9.17, 15) is 28.8 Å². The minimum absolute atomic E-state index is 0.229. The van der Waals surface area contributed by atoms with E-state index < -0.39 is 23.2 Å². The highest BCUT2D eigenvalue weighted by molar-refractivity contribution is 5.68. The van der Waals surface area contributed by atoms with Gasteiger partial charge in [-0.15, -0.1) is 6.42 Å². The van der Waals surface area contributed by atoms with Gasteiger partial charge >= 0.3 is 35.3 Å². The van der Waals surface area contributed by atoms with Crippen LogP contribution in [0.4, 0.5) is 14.4 Å². The third kappa shape index (κ3) is 40.7. The predicted octanol–water partition coefficient (Wildman–Crippen LogP) is 9.43. The zero-order valence-corrected chi connectivity index (χ0v) is 47.5. The molecule has 21 heteroatoms. The van der Waals surface area contributed by atoms with Crippen LogP contribution < -0.4 is 33.0 Å². The smallest absolute Gasteiger partial charge is 0.421 e. The van der Waals surface area contributed by atoms with Gasteiger partial charge in [-0.3, -0.25) is 0 Å². The molecule has 3 N–H and O–H groups in total. The summed E-state index contributed by atoms with van der Waals surface area (Å²) in [7, 11) is 0. The second-order valence-electron chi connectivity index (χ2n) is 18.9. The molecule has 0 aliphatic rings. The fraction of sp³-hybridized carbons (Fsp3) is 0.772. The second kappa shape index (κ2) is 52.5. The summed E-state index contributed by atoms with van der Waals surface area (Å²) in [6, 6.07) is 8.35. The lowest BCUT2D eigenvalue weighted by molar-refractivity contribution is 0.143. The van der Waals surface area contributed by atoms with Crippen molar-refractivity contribution in [3.63, 3.8) is 0 Å². The molecule has 0 aliphatic heterocycles. The standard InChI is InChI=1S/C57H94N12O9/c1-4-7-46-76-52(70)64-40-28-13-10-22-34-58-49-61-37-25-16-19-31-43-67-55(73)68(44-32-20-17-26-38-62-50-59-35-23-11-14-29-41-65-53(71)77-47-8-5-2)57(75)69(56(67)74)45-33-21-18-27-39-63-51-60-36-24-12-15-30-42-66-54(72)78-48-9-6-3/h1H,5-6,8-45,47-48H2,2-3H3,(H,64,70)(H,65,71)(H,66,72). The van der Waals surface area contributed by atoms with Crippen LogP contribution in [0.5, 0.6) is 0 Å². The Labute approximate surface area is 464 Å².